The van der Waals surface area contributed by atoms with Crippen molar-refractivity contribution in [1.29, 1.82) is 0 Å². The zero-order valence-electron chi connectivity index (χ0n) is 10.9. The fraction of sp³-hybridized carbons (Fsp3) is 0.143. The Labute approximate surface area is 117 Å². The molecule has 108 valence electrons. The molecule has 0 aliphatic heterocycles. The van der Waals surface area contributed by atoms with Crippen molar-refractivity contribution in [3.63, 3.8) is 0 Å². The van der Waals surface area contributed by atoms with Gasteiger partial charge in [0.1, 0.15) is 0 Å². The van der Waals surface area contributed by atoms with Crippen LogP contribution >= 0.6 is 0 Å². The van der Waals surface area contributed by atoms with E-state index in [2.05, 4.69) is 10.2 Å². The Bertz CT molecular complexity index is 796. The summed E-state index contributed by atoms with van der Waals surface area (Å²) in [5.74, 6) is 0.567. The molecule has 0 N–H and O–H groups in total. The summed E-state index contributed by atoms with van der Waals surface area (Å²) < 4.78 is 45.9. The van der Waals surface area contributed by atoms with Gasteiger partial charge in [-0.2, -0.15) is 13.2 Å². The van der Waals surface area contributed by atoms with Gasteiger partial charge >= 0.3 is 6.18 Å². The minimum atomic E-state index is -4.46. The minimum Gasteiger partial charge on any atom is -0.493 e. The van der Waals surface area contributed by atoms with Crippen LogP contribution in [0.25, 0.3) is 17.0 Å². The second-order valence-electron chi connectivity index (χ2n) is 4.34. The highest BCUT2D eigenvalue weighted by Gasteiger charge is 2.34. The summed E-state index contributed by atoms with van der Waals surface area (Å²) >= 11 is 0. The lowest BCUT2D eigenvalue weighted by atomic mass is 10.1. The highest BCUT2D eigenvalue weighted by Crippen LogP contribution is 2.36. The molecule has 0 radical (unpaired) electrons. The van der Waals surface area contributed by atoms with Crippen molar-refractivity contribution in [2.75, 3.05) is 7.11 Å². The Morgan fingerprint density at radius 1 is 1.05 bits per heavy atom. The summed E-state index contributed by atoms with van der Waals surface area (Å²) in [5.41, 5.74) is -0.403. The van der Waals surface area contributed by atoms with Crippen LogP contribution in [0.4, 0.5) is 13.2 Å². The molecule has 0 aliphatic carbocycles. The smallest absolute Gasteiger partial charge is 0.417 e. The zero-order chi connectivity index (χ0) is 15.0. The Morgan fingerprint density at radius 2 is 1.81 bits per heavy atom. The molecule has 0 amide bonds. The van der Waals surface area contributed by atoms with Gasteiger partial charge in [0.25, 0.3) is 0 Å². The van der Waals surface area contributed by atoms with Crippen molar-refractivity contribution in [2.45, 2.75) is 6.18 Å². The van der Waals surface area contributed by atoms with E-state index >= 15 is 0 Å². The van der Waals surface area contributed by atoms with Crippen molar-refractivity contribution in [1.82, 2.24) is 14.6 Å². The molecule has 7 heteroatoms. The molecule has 0 fully saturated rings. The molecule has 0 aliphatic rings. The van der Waals surface area contributed by atoms with Crippen LogP contribution in [0.2, 0.25) is 0 Å². The molecule has 0 spiro atoms. The summed E-state index contributed by atoms with van der Waals surface area (Å²) in [7, 11) is 1.47. The summed E-state index contributed by atoms with van der Waals surface area (Å²) in [6, 6.07) is 8.61. The van der Waals surface area contributed by atoms with Crippen molar-refractivity contribution in [3.05, 3.63) is 48.2 Å². The van der Waals surface area contributed by atoms with Gasteiger partial charge in [0, 0.05) is 11.8 Å². The van der Waals surface area contributed by atoms with Crippen LogP contribution in [0.5, 0.6) is 5.75 Å². The van der Waals surface area contributed by atoms with Crippen molar-refractivity contribution in [3.8, 4) is 17.1 Å². The predicted molar refractivity (Wildman–Crippen MR) is 70.0 cm³/mol. The van der Waals surface area contributed by atoms with Crippen LogP contribution in [0, 0.1) is 0 Å². The fourth-order valence-electron chi connectivity index (χ4n) is 2.16. The van der Waals surface area contributed by atoms with E-state index in [1.165, 1.54) is 29.7 Å². The normalized spacial score (nSPS) is 11.8. The average molecular weight is 293 g/mol. The summed E-state index contributed by atoms with van der Waals surface area (Å²) in [4.78, 5) is 0. The molecule has 0 saturated heterocycles. The van der Waals surface area contributed by atoms with Crippen LogP contribution in [-0.4, -0.2) is 21.7 Å². The number of alkyl halides is 3. The molecule has 0 unspecified atom stereocenters. The highest BCUT2D eigenvalue weighted by molar-refractivity contribution is 5.66. The SMILES string of the molecule is COc1cccn2c(-c3ccccc3C(F)(F)F)nnc12. The molecule has 2 aromatic heterocycles. The van der Waals surface area contributed by atoms with E-state index in [0.717, 1.165) is 6.07 Å². The second-order valence-corrected chi connectivity index (χ2v) is 4.34. The van der Waals surface area contributed by atoms with Gasteiger partial charge in [-0.05, 0) is 18.2 Å². The van der Waals surface area contributed by atoms with E-state index in [1.54, 1.807) is 18.3 Å². The number of halogens is 3. The number of hydrogen-bond acceptors (Lipinski definition) is 3. The van der Waals surface area contributed by atoms with Gasteiger partial charge in [-0.1, -0.05) is 18.2 Å². The number of methoxy groups -OCH3 is 1. The maximum absolute atomic E-state index is 13.1. The molecular weight excluding hydrogens is 283 g/mol. The van der Waals surface area contributed by atoms with E-state index in [0.29, 0.717) is 11.4 Å². The Balaban J connectivity index is 2.28. The summed E-state index contributed by atoms with van der Waals surface area (Å²) in [6.07, 6.45) is -2.86. The monoisotopic (exact) mass is 293 g/mol. The van der Waals surface area contributed by atoms with Crippen LogP contribution in [-0.2, 0) is 6.18 Å². The summed E-state index contributed by atoms with van der Waals surface area (Å²) in [5, 5.41) is 7.79. The summed E-state index contributed by atoms with van der Waals surface area (Å²) in [6.45, 7) is 0. The molecule has 3 aromatic rings. The quantitative estimate of drug-likeness (QED) is 0.726. The van der Waals surface area contributed by atoms with Gasteiger partial charge < -0.3 is 4.74 Å². The lowest BCUT2D eigenvalue weighted by Crippen LogP contribution is -2.08. The van der Waals surface area contributed by atoms with E-state index in [1.807, 2.05) is 0 Å². The van der Waals surface area contributed by atoms with E-state index < -0.39 is 11.7 Å². The molecule has 3 rings (SSSR count). The standard InChI is InChI=1S/C14H10F3N3O/c1-21-11-7-4-8-20-12(18-19-13(11)20)9-5-2-3-6-10(9)14(15,16)17/h2-8H,1H3. The number of nitrogens with zero attached hydrogens (tertiary/aromatic N) is 3. The minimum absolute atomic E-state index is 0.0225. The Morgan fingerprint density at radius 3 is 2.52 bits per heavy atom. The topological polar surface area (TPSA) is 39.4 Å². The lowest BCUT2D eigenvalue weighted by molar-refractivity contribution is -0.137. The molecule has 21 heavy (non-hydrogen) atoms. The van der Waals surface area contributed by atoms with Gasteiger partial charge in [-0.25, -0.2) is 0 Å². The highest BCUT2D eigenvalue weighted by atomic mass is 19.4. The van der Waals surface area contributed by atoms with Crippen molar-refractivity contribution < 1.29 is 17.9 Å². The molecule has 0 saturated carbocycles. The molecule has 2 heterocycles. The largest absolute Gasteiger partial charge is 0.493 e. The first-order valence-electron chi connectivity index (χ1n) is 6.06. The molecule has 0 bridgehead atoms. The second kappa shape index (κ2) is 4.76. The van der Waals surface area contributed by atoms with Gasteiger partial charge in [0.2, 0.25) is 5.65 Å². The lowest BCUT2D eigenvalue weighted by Gasteiger charge is -2.11. The third-order valence-electron chi connectivity index (χ3n) is 3.09. The van der Waals surface area contributed by atoms with Crippen LogP contribution in [0.15, 0.2) is 42.6 Å². The van der Waals surface area contributed by atoms with E-state index in [9.17, 15) is 13.2 Å². The van der Waals surface area contributed by atoms with Crippen LogP contribution in [0.1, 0.15) is 5.56 Å². The van der Waals surface area contributed by atoms with Crippen LogP contribution < -0.4 is 4.74 Å². The number of pyridine rings is 1. The van der Waals surface area contributed by atoms with Crippen molar-refractivity contribution >= 4 is 5.65 Å². The van der Waals surface area contributed by atoms with E-state index in [-0.39, 0.29) is 11.4 Å². The average Bonchev–Trinajstić information content (AvgIpc) is 2.90. The molecular formula is C14H10F3N3O. The Hall–Kier alpha value is -2.57. The van der Waals surface area contributed by atoms with Gasteiger partial charge in [0.05, 0.1) is 12.7 Å². The number of aromatic nitrogens is 3. The van der Waals surface area contributed by atoms with Gasteiger partial charge in [0.15, 0.2) is 11.6 Å². The fourth-order valence-corrected chi connectivity index (χ4v) is 2.16. The first-order valence-corrected chi connectivity index (χ1v) is 6.06. The molecule has 0 atom stereocenters. The first-order chi connectivity index (χ1) is 10.0. The Kier molecular flexibility index (Phi) is 3.04. The van der Waals surface area contributed by atoms with Gasteiger partial charge in [-0.15, -0.1) is 10.2 Å². The van der Waals surface area contributed by atoms with E-state index in [4.69, 9.17) is 4.74 Å². The predicted octanol–water partition coefficient (Wildman–Crippen LogP) is 3.42. The maximum Gasteiger partial charge on any atom is 0.417 e. The third-order valence-corrected chi connectivity index (χ3v) is 3.09. The first kappa shape index (κ1) is 13.4. The molecule has 1 aromatic carbocycles. The number of benzene rings is 1. The number of ether oxygens (including phenoxy) is 1. The number of hydrogen-bond donors (Lipinski definition) is 0. The van der Waals surface area contributed by atoms with Crippen LogP contribution in [0.3, 0.4) is 0 Å². The number of rotatable bonds is 2. The zero-order valence-corrected chi connectivity index (χ0v) is 10.9. The van der Waals surface area contributed by atoms with Crippen molar-refractivity contribution in [2.24, 2.45) is 0 Å². The number of fused-ring (bicyclic) bond motifs is 1. The maximum atomic E-state index is 13.1. The molecule has 4 nitrogen and oxygen atoms in total. The third kappa shape index (κ3) is 2.20. The van der Waals surface area contributed by atoms with Gasteiger partial charge in [-0.3, -0.25) is 4.40 Å².